The first-order valence-electron chi connectivity index (χ1n) is 12.2. The molecule has 2 atom stereocenters. The van der Waals surface area contributed by atoms with Crippen molar-refractivity contribution in [1.82, 2.24) is 0 Å². The molecule has 4 rings (SSSR count). The van der Waals surface area contributed by atoms with Gasteiger partial charge in [-0.25, -0.2) is 0 Å². The van der Waals surface area contributed by atoms with Crippen molar-refractivity contribution in [2.45, 2.75) is 47.9 Å². The van der Waals surface area contributed by atoms with Crippen LogP contribution in [0.4, 0.5) is 5.69 Å². The summed E-state index contributed by atoms with van der Waals surface area (Å²) in [5, 5.41) is 0.175. The Morgan fingerprint density at radius 1 is 1.06 bits per heavy atom. The summed E-state index contributed by atoms with van der Waals surface area (Å²) < 4.78 is 5.79. The molecule has 0 spiro atoms. The van der Waals surface area contributed by atoms with Gasteiger partial charge in [0.1, 0.15) is 5.75 Å². The summed E-state index contributed by atoms with van der Waals surface area (Å²) in [5.41, 5.74) is 23.8. The number of rotatable bonds is 8. The maximum Gasteiger partial charge on any atom is 0.120 e. The van der Waals surface area contributed by atoms with E-state index in [9.17, 15) is 0 Å². The molecule has 0 aliphatic carbocycles. The van der Waals surface area contributed by atoms with Gasteiger partial charge in [0.25, 0.3) is 0 Å². The smallest absolute Gasteiger partial charge is 0.120 e. The fraction of sp³-hybridized carbons (Fsp3) is 0.310. The van der Waals surface area contributed by atoms with Crippen molar-refractivity contribution in [3.05, 3.63) is 89.5 Å². The largest absolute Gasteiger partial charge is 0.494 e. The molecular weight excluding hydrogens is 484 g/mol. The van der Waals surface area contributed by atoms with Gasteiger partial charge in [0.15, 0.2) is 0 Å². The van der Waals surface area contributed by atoms with E-state index in [-0.39, 0.29) is 11.4 Å². The molecular formula is C29H38N4OS2. The zero-order valence-corrected chi connectivity index (χ0v) is 23.1. The molecule has 1 aliphatic rings. The van der Waals surface area contributed by atoms with Gasteiger partial charge in [0.2, 0.25) is 0 Å². The number of nitrogens with zero attached hydrogens (tertiary/aromatic N) is 1. The summed E-state index contributed by atoms with van der Waals surface area (Å²) in [6.07, 6.45) is 1.65. The van der Waals surface area contributed by atoms with Crippen LogP contribution in [-0.2, 0) is 6.42 Å². The van der Waals surface area contributed by atoms with Crippen molar-refractivity contribution in [2.75, 3.05) is 25.1 Å². The maximum atomic E-state index is 6.65. The quantitative estimate of drug-likeness (QED) is 0.229. The molecule has 7 heteroatoms. The van der Waals surface area contributed by atoms with Crippen molar-refractivity contribution >= 4 is 35.8 Å². The van der Waals surface area contributed by atoms with Crippen LogP contribution < -0.4 is 26.8 Å². The first kappa shape index (κ1) is 28.0. The average molecular weight is 523 g/mol. The van der Waals surface area contributed by atoms with Crippen LogP contribution in [0, 0.1) is 0 Å². The number of thiol groups is 1. The van der Waals surface area contributed by atoms with Gasteiger partial charge in [-0.2, -0.15) is 0 Å². The first-order valence-corrected chi connectivity index (χ1v) is 13.5. The number of nitrogens with two attached hydrogens (primary N) is 3. The van der Waals surface area contributed by atoms with E-state index in [1.54, 1.807) is 11.8 Å². The lowest BCUT2D eigenvalue weighted by Gasteiger charge is -2.27. The fourth-order valence-corrected chi connectivity index (χ4v) is 5.41. The van der Waals surface area contributed by atoms with Crippen molar-refractivity contribution < 1.29 is 4.74 Å². The lowest BCUT2D eigenvalue weighted by molar-refractivity contribution is 0.313. The molecule has 0 saturated heterocycles. The molecule has 0 aromatic heterocycles. The highest BCUT2D eigenvalue weighted by Crippen LogP contribution is 2.45. The number of fused-ring (bicyclic) bond motifs is 1. The number of thioether (sulfide) groups is 1. The van der Waals surface area contributed by atoms with Crippen molar-refractivity contribution in [2.24, 2.45) is 17.2 Å². The predicted octanol–water partition coefficient (Wildman–Crippen LogP) is 5.54. The van der Waals surface area contributed by atoms with Gasteiger partial charge in [-0.05, 0) is 80.8 Å². The molecule has 2 unspecified atom stereocenters. The van der Waals surface area contributed by atoms with E-state index in [1.165, 1.54) is 16.1 Å². The van der Waals surface area contributed by atoms with Crippen LogP contribution in [0.1, 0.15) is 31.4 Å². The van der Waals surface area contributed by atoms with Crippen LogP contribution in [0.15, 0.2) is 88.2 Å². The third-order valence-corrected chi connectivity index (χ3v) is 7.71. The minimum atomic E-state index is -0.0119. The molecule has 3 aromatic carbocycles. The normalized spacial score (nSPS) is 14.9. The van der Waals surface area contributed by atoms with Gasteiger partial charge >= 0.3 is 0 Å². The summed E-state index contributed by atoms with van der Waals surface area (Å²) in [6.45, 7) is 5.34. The van der Waals surface area contributed by atoms with Crippen LogP contribution >= 0.6 is 24.4 Å². The molecule has 192 valence electrons. The average Bonchev–Trinajstić information content (AvgIpc) is 3.20. The third kappa shape index (κ3) is 7.71. The van der Waals surface area contributed by atoms with E-state index in [4.69, 9.17) is 21.9 Å². The molecule has 6 N–H and O–H groups in total. The Morgan fingerprint density at radius 3 is 2.44 bits per heavy atom. The van der Waals surface area contributed by atoms with Crippen LogP contribution in [-0.4, -0.2) is 31.6 Å². The van der Waals surface area contributed by atoms with Gasteiger partial charge < -0.3 is 26.8 Å². The van der Waals surface area contributed by atoms with Crippen LogP contribution in [0.25, 0.3) is 5.70 Å². The molecule has 0 radical (unpaired) electrons. The topological polar surface area (TPSA) is 90.5 Å². The van der Waals surface area contributed by atoms with Crippen LogP contribution in [0.5, 0.6) is 5.75 Å². The number of likely N-dealkylation sites (N-methyl/N-ethyl adjacent to an activating group) is 1. The SMILES string of the molecule is CC(C)=C(N)c1cccc(CC(N)C2Sc3cc(OCCCN)ccc3N2C)c1.Sc1ccccc1. The minimum Gasteiger partial charge on any atom is -0.494 e. The second-order valence-corrected chi connectivity index (χ2v) is 10.7. The number of ether oxygens (including phenoxy) is 1. The lowest BCUT2D eigenvalue weighted by atomic mass is 10.0. The van der Waals surface area contributed by atoms with Gasteiger partial charge in [-0.1, -0.05) is 53.7 Å². The number of allylic oxidation sites excluding steroid dienone is 1. The van der Waals surface area contributed by atoms with E-state index in [1.807, 2.05) is 50.2 Å². The molecule has 1 heterocycles. The number of hydrogen-bond donors (Lipinski definition) is 4. The molecule has 0 fully saturated rings. The summed E-state index contributed by atoms with van der Waals surface area (Å²) in [4.78, 5) is 4.49. The third-order valence-electron chi connectivity index (χ3n) is 5.93. The predicted molar refractivity (Wildman–Crippen MR) is 158 cm³/mol. The first-order chi connectivity index (χ1) is 17.3. The van der Waals surface area contributed by atoms with Gasteiger partial charge in [0, 0.05) is 28.6 Å². The Bertz CT molecular complexity index is 1150. The van der Waals surface area contributed by atoms with Gasteiger partial charge in [-0.15, -0.1) is 12.6 Å². The Hall–Kier alpha value is -2.58. The highest BCUT2D eigenvalue weighted by molar-refractivity contribution is 8.00. The second kappa shape index (κ2) is 13.7. The molecule has 0 saturated carbocycles. The lowest BCUT2D eigenvalue weighted by Crippen LogP contribution is -2.43. The fourth-order valence-electron chi connectivity index (χ4n) is 3.92. The number of benzene rings is 3. The van der Waals surface area contributed by atoms with Gasteiger partial charge in [0.05, 0.1) is 17.7 Å². The van der Waals surface area contributed by atoms with E-state index < -0.39 is 0 Å². The molecule has 3 aromatic rings. The Kier molecular flexibility index (Phi) is 10.6. The Balaban J connectivity index is 0.000000444. The highest BCUT2D eigenvalue weighted by Gasteiger charge is 2.32. The summed E-state index contributed by atoms with van der Waals surface area (Å²) in [7, 11) is 2.11. The molecule has 36 heavy (non-hydrogen) atoms. The summed E-state index contributed by atoms with van der Waals surface area (Å²) in [5.74, 6) is 0.886. The Morgan fingerprint density at radius 2 is 1.81 bits per heavy atom. The van der Waals surface area contributed by atoms with E-state index >= 15 is 0 Å². The number of hydrogen-bond acceptors (Lipinski definition) is 7. The van der Waals surface area contributed by atoms with Crippen molar-refractivity contribution in [3.63, 3.8) is 0 Å². The second-order valence-electron chi connectivity index (χ2n) is 9.06. The Labute approximate surface area is 225 Å². The highest BCUT2D eigenvalue weighted by atomic mass is 32.2. The number of anilines is 1. The summed E-state index contributed by atoms with van der Waals surface area (Å²) >= 11 is 5.89. The monoisotopic (exact) mass is 522 g/mol. The van der Waals surface area contributed by atoms with E-state index in [0.717, 1.165) is 40.3 Å². The molecule has 5 nitrogen and oxygen atoms in total. The molecule has 1 aliphatic heterocycles. The maximum absolute atomic E-state index is 6.65. The standard InChI is InChI=1S/C23H32N4OS.C6H6S/c1-15(2)22(26)17-7-4-6-16(12-17)13-19(25)23-27(3)20-9-8-18(14-21(20)29-23)28-11-5-10-24;7-6-4-2-1-3-5-6/h4,6-9,12,14,19,23H,5,10-11,13,24-26H2,1-3H3;1-5,7H. The summed E-state index contributed by atoms with van der Waals surface area (Å²) in [6, 6.07) is 24.4. The minimum absolute atomic E-state index is 0.0119. The molecule has 0 bridgehead atoms. The van der Waals surface area contributed by atoms with Crippen LogP contribution in [0.3, 0.4) is 0 Å². The van der Waals surface area contributed by atoms with Crippen LogP contribution in [0.2, 0.25) is 0 Å². The van der Waals surface area contributed by atoms with Crippen molar-refractivity contribution in [3.8, 4) is 5.75 Å². The van der Waals surface area contributed by atoms with Crippen molar-refractivity contribution in [1.29, 1.82) is 0 Å². The molecule has 0 amide bonds. The zero-order valence-electron chi connectivity index (χ0n) is 21.4. The van der Waals surface area contributed by atoms with E-state index in [2.05, 4.69) is 61.0 Å². The zero-order chi connectivity index (χ0) is 26.1. The van der Waals surface area contributed by atoms with Gasteiger partial charge in [-0.3, -0.25) is 0 Å². The van der Waals surface area contributed by atoms with E-state index in [0.29, 0.717) is 13.2 Å².